The number of nitrogens with one attached hydrogen (secondary N) is 2. The largest absolute Gasteiger partial charge is 0.462 e. The summed E-state index contributed by atoms with van der Waals surface area (Å²) in [5.41, 5.74) is 0.711. The van der Waals surface area contributed by atoms with Crippen LogP contribution in [0.25, 0.3) is 0 Å². The van der Waals surface area contributed by atoms with Gasteiger partial charge in [0, 0.05) is 25.7 Å². The number of guanidine groups is 1. The summed E-state index contributed by atoms with van der Waals surface area (Å²) >= 11 is 1.38. The number of piperidine rings is 1. The van der Waals surface area contributed by atoms with Crippen LogP contribution in [0.3, 0.4) is 0 Å². The van der Waals surface area contributed by atoms with Gasteiger partial charge < -0.3 is 15.4 Å². The first-order valence-electron chi connectivity index (χ1n) is 10.2. The Hall–Kier alpha value is -1.67. The Bertz CT molecular complexity index is 676. The molecule has 2 N–H and O–H groups in total. The van der Waals surface area contributed by atoms with Crippen molar-refractivity contribution in [2.45, 2.75) is 72.0 Å². The monoisotopic (exact) mass is 409 g/mol. The highest BCUT2D eigenvalue weighted by Crippen LogP contribution is 2.24. The summed E-state index contributed by atoms with van der Waals surface area (Å²) in [5, 5.41) is 7.66. The predicted molar refractivity (Wildman–Crippen MR) is 115 cm³/mol. The third kappa shape index (κ3) is 5.91. The molecule has 7 nitrogen and oxygen atoms in total. The number of ether oxygens (including phenoxy) is 1. The molecule has 2 heterocycles. The Morgan fingerprint density at radius 2 is 2.18 bits per heavy atom. The first-order valence-corrected chi connectivity index (χ1v) is 11.1. The highest BCUT2D eigenvalue weighted by Gasteiger charge is 2.24. The molecule has 1 aliphatic rings. The molecule has 1 fully saturated rings. The molecule has 3 unspecified atom stereocenters. The summed E-state index contributed by atoms with van der Waals surface area (Å²) in [6, 6.07) is 1.03. The van der Waals surface area contributed by atoms with E-state index in [1.54, 1.807) is 14.0 Å². The van der Waals surface area contributed by atoms with Gasteiger partial charge in [-0.25, -0.2) is 9.78 Å². The number of likely N-dealkylation sites (tertiary alicyclic amines) is 1. The van der Waals surface area contributed by atoms with Gasteiger partial charge in [-0.05, 0) is 54.0 Å². The van der Waals surface area contributed by atoms with E-state index in [-0.39, 0.29) is 12.0 Å². The summed E-state index contributed by atoms with van der Waals surface area (Å²) in [6.45, 7) is 12.6. The molecule has 0 bridgehead atoms. The first kappa shape index (κ1) is 22.6. The van der Waals surface area contributed by atoms with E-state index in [0.717, 1.165) is 17.5 Å². The Morgan fingerprint density at radius 3 is 2.82 bits per heavy atom. The lowest BCUT2D eigenvalue weighted by Crippen LogP contribution is -2.50. The van der Waals surface area contributed by atoms with Gasteiger partial charge in [0.25, 0.3) is 0 Å². The number of nitrogens with zero attached hydrogens (tertiary/aromatic N) is 3. The van der Waals surface area contributed by atoms with Gasteiger partial charge in [-0.1, -0.05) is 6.42 Å². The minimum Gasteiger partial charge on any atom is -0.462 e. The minimum absolute atomic E-state index is 0.0534. The second-order valence-electron chi connectivity index (χ2n) is 7.44. The summed E-state index contributed by atoms with van der Waals surface area (Å²) in [5.74, 6) is 0.442. The van der Waals surface area contributed by atoms with E-state index in [1.165, 1.54) is 37.1 Å². The van der Waals surface area contributed by atoms with E-state index in [1.807, 2.05) is 13.8 Å². The van der Waals surface area contributed by atoms with Crippen LogP contribution in [0, 0.1) is 6.92 Å². The van der Waals surface area contributed by atoms with Crippen molar-refractivity contribution in [1.29, 1.82) is 0 Å². The van der Waals surface area contributed by atoms with Crippen molar-refractivity contribution in [3.63, 3.8) is 0 Å². The molecule has 1 aromatic heterocycles. The molecule has 0 aromatic carbocycles. The predicted octanol–water partition coefficient (Wildman–Crippen LogP) is 3.12. The SMILES string of the molecule is CCOC(=O)c1sc(C(C)NC(=NC)NCC(C)N2CCCCC2C)nc1C. The van der Waals surface area contributed by atoms with Gasteiger partial charge in [-0.2, -0.15) is 0 Å². The Kier molecular flexibility index (Phi) is 8.69. The van der Waals surface area contributed by atoms with Gasteiger partial charge in [0.05, 0.1) is 18.3 Å². The Labute approximate surface area is 173 Å². The van der Waals surface area contributed by atoms with Crippen LogP contribution in [-0.4, -0.2) is 60.6 Å². The van der Waals surface area contributed by atoms with Crippen molar-refractivity contribution in [2.24, 2.45) is 4.99 Å². The second kappa shape index (κ2) is 10.8. The van der Waals surface area contributed by atoms with Crippen molar-refractivity contribution in [1.82, 2.24) is 20.5 Å². The third-order valence-corrected chi connectivity index (χ3v) is 6.53. The van der Waals surface area contributed by atoms with Crippen LogP contribution < -0.4 is 10.6 Å². The van der Waals surface area contributed by atoms with Crippen molar-refractivity contribution in [3.05, 3.63) is 15.6 Å². The van der Waals surface area contributed by atoms with Gasteiger partial charge in [0.1, 0.15) is 9.88 Å². The molecule has 1 aromatic rings. The van der Waals surface area contributed by atoms with Gasteiger partial charge in [0.2, 0.25) is 0 Å². The topological polar surface area (TPSA) is 78.8 Å². The lowest BCUT2D eigenvalue weighted by Gasteiger charge is -2.38. The molecule has 0 spiro atoms. The van der Waals surface area contributed by atoms with E-state index < -0.39 is 0 Å². The maximum absolute atomic E-state index is 12.0. The molecule has 8 heteroatoms. The zero-order valence-corrected chi connectivity index (χ0v) is 18.9. The molecule has 28 heavy (non-hydrogen) atoms. The van der Waals surface area contributed by atoms with Crippen LogP contribution >= 0.6 is 11.3 Å². The minimum atomic E-state index is -0.303. The normalized spacial score (nSPS) is 20.5. The fourth-order valence-electron chi connectivity index (χ4n) is 3.59. The van der Waals surface area contributed by atoms with E-state index in [2.05, 4.69) is 39.4 Å². The van der Waals surface area contributed by atoms with Gasteiger partial charge in [-0.3, -0.25) is 9.89 Å². The van der Waals surface area contributed by atoms with Crippen LogP contribution in [0.2, 0.25) is 0 Å². The van der Waals surface area contributed by atoms with Gasteiger partial charge in [0.15, 0.2) is 5.96 Å². The van der Waals surface area contributed by atoms with Crippen molar-refractivity contribution < 1.29 is 9.53 Å². The van der Waals surface area contributed by atoms with E-state index >= 15 is 0 Å². The van der Waals surface area contributed by atoms with Crippen LogP contribution in [0.15, 0.2) is 4.99 Å². The Morgan fingerprint density at radius 1 is 1.43 bits per heavy atom. The molecule has 0 aliphatic carbocycles. The van der Waals surface area contributed by atoms with Crippen molar-refractivity contribution in [2.75, 3.05) is 26.7 Å². The van der Waals surface area contributed by atoms with E-state index in [9.17, 15) is 4.79 Å². The zero-order valence-electron chi connectivity index (χ0n) is 18.0. The summed E-state index contributed by atoms with van der Waals surface area (Å²) in [4.78, 5) is 24.1. The molecule has 0 radical (unpaired) electrons. The lowest BCUT2D eigenvalue weighted by atomic mass is 10.0. The fourth-order valence-corrected chi connectivity index (χ4v) is 4.55. The average molecular weight is 410 g/mol. The van der Waals surface area contributed by atoms with E-state index in [4.69, 9.17) is 4.74 Å². The first-order chi connectivity index (χ1) is 13.4. The number of aliphatic imine (C=N–C) groups is 1. The average Bonchev–Trinajstić information content (AvgIpc) is 3.07. The number of rotatable bonds is 7. The zero-order chi connectivity index (χ0) is 20.7. The maximum Gasteiger partial charge on any atom is 0.350 e. The molecular formula is C20H35N5O2S. The smallest absolute Gasteiger partial charge is 0.350 e. The van der Waals surface area contributed by atoms with E-state index in [0.29, 0.717) is 29.3 Å². The number of carbonyl (C=O) groups excluding carboxylic acids is 1. The number of thiazole rings is 1. The Balaban J connectivity index is 1.91. The van der Waals surface area contributed by atoms with Crippen molar-refractivity contribution >= 4 is 23.3 Å². The number of carbonyl (C=O) groups is 1. The van der Waals surface area contributed by atoms with Crippen LogP contribution in [0.5, 0.6) is 0 Å². The number of aromatic nitrogens is 1. The molecule has 1 aliphatic heterocycles. The number of hydrogen-bond acceptors (Lipinski definition) is 6. The highest BCUT2D eigenvalue weighted by molar-refractivity contribution is 7.13. The van der Waals surface area contributed by atoms with Crippen molar-refractivity contribution in [3.8, 4) is 0 Å². The standard InChI is InChI=1S/C20H35N5O2S/c1-7-27-19(26)17-15(4)23-18(28-17)16(5)24-20(21-6)22-12-14(3)25-11-9-8-10-13(25)2/h13-14,16H,7-12H2,1-6H3,(H2,21,22,24). The highest BCUT2D eigenvalue weighted by atomic mass is 32.1. The summed E-state index contributed by atoms with van der Waals surface area (Å²) in [7, 11) is 1.77. The quantitative estimate of drug-likeness (QED) is 0.409. The molecule has 0 amide bonds. The molecule has 2 rings (SSSR count). The molecular weight excluding hydrogens is 374 g/mol. The van der Waals surface area contributed by atoms with Gasteiger partial charge >= 0.3 is 5.97 Å². The number of aryl methyl sites for hydroxylation is 1. The van der Waals surface area contributed by atoms with Crippen LogP contribution in [0.1, 0.15) is 73.4 Å². The molecule has 3 atom stereocenters. The third-order valence-electron chi connectivity index (χ3n) is 5.21. The molecule has 158 valence electrons. The molecule has 1 saturated heterocycles. The maximum atomic E-state index is 12.0. The summed E-state index contributed by atoms with van der Waals surface area (Å²) in [6.07, 6.45) is 3.89. The molecule has 0 saturated carbocycles. The summed E-state index contributed by atoms with van der Waals surface area (Å²) < 4.78 is 5.11. The van der Waals surface area contributed by atoms with Crippen LogP contribution in [0.4, 0.5) is 0 Å². The lowest BCUT2D eigenvalue weighted by molar-refractivity contribution is 0.0531. The number of hydrogen-bond donors (Lipinski definition) is 2. The van der Waals surface area contributed by atoms with Gasteiger partial charge in [-0.15, -0.1) is 11.3 Å². The number of esters is 1. The fraction of sp³-hybridized carbons (Fsp3) is 0.750. The van der Waals surface area contributed by atoms with Crippen LogP contribution in [-0.2, 0) is 4.74 Å². The second-order valence-corrected chi connectivity index (χ2v) is 8.47.